The second-order valence-corrected chi connectivity index (χ2v) is 8.73. The Morgan fingerprint density at radius 3 is 2.96 bits per heavy atom. The molecule has 0 spiro atoms. The lowest BCUT2D eigenvalue weighted by Gasteiger charge is -2.12. The van der Waals surface area contributed by atoms with Gasteiger partial charge in [0.25, 0.3) is 5.56 Å². The maximum absolute atomic E-state index is 13.2. The first kappa shape index (κ1) is 18.3. The Hall–Kier alpha value is -2.12. The van der Waals surface area contributed by atoms with Gasteiger partial charge in [-0.25, -0.2) is 4.98 Å². The highest BCUT2D eigenvalue weighted by Crippen LogP contribution is 2.34. The minimum atomic E-state index is -0.00637. The molecule has 3 aromatic heterocycles. The number of ketones is 1. The molecule has 0 fully saturated rings. The summed E-state index contributed by atoms with van der Waals surface area (Å²) in [6, 6.07) is 3.66. The first-order valence-corrected chi connectivity index (χ1v) is 10.8. The summed E-state index contributed by atoms with van der Waals surface area (Å²) in [7, 11) is 1.85. The number of Topliss-reactive ketones (excluding diaryl/α,β-unsaturated/α-hetero) is 1. The lowest BCUT2D eigenvalue weighted by atomic mass is 9.97. The molecule has 3 heterocycles. The molecule has 140 valence electrons. The van der Waals surface area contributed by atoms with E-state index in [4.69, 9.17) is 4.98 Å². The molecule has 0 aromatic carbocycles. The standard InChI is InChI=1S/C20H21N3O2S2/c1-3-10-23-19(25)17-13-7-4-5-9-16(13)27-18(17)21-20(23)26-12-15(24)14-8-6-11-22(14)2/h3,6,8,11H,1,4-5,7,9-10,12H2,2H3. The number of carbonyl (C=O) groups excluding carboxylic acids is 1. The summed E-state index contributed by atoms with van der Waals surface area (Å²) in [6.45, 7) is 4.17. The number of hydrogen-bond donors (Lipinski definition) is 0. The monoisotopic (exact) mass is 399 g/mol. The number of thioether (sulfide) groups is 1. The van der Waals surface area contributed by atoms with Crippen LogP contribution in [-0.2, 0) is 26.4 Å². The molecular weight excluding hydrogens is 378 g/mol. The van der Waals surface area contributed by atoms with Crippen molar-refractivity contribution in [1.82, 2.24) is 14.1 Å². The van der Waals surface area contributed by atoms with Gasteiger partial charge in [0.1, 0.15) is 4.83 Å². The second kappa shape index (κ2) is 7.48. The molecule has 0 saturated carbocycles. The normalized spacial score (nSPS) is 13.7. The Kier molecular flexibility index (Phi) is 5.06. The van der Waals surface area contributed by atoms with Crippen LogP contribution in [0, 0.1) is 0 Å². The van der Waals surface area contributed by atoms with Crippen molar-refractivity contribution in [3.63, 3.8) is 0 Å². The fourth-order valence-electron chi connectivity index (χ4n) is 3.57. The van der Waals surface area contributed by atoms with Gasteiger partial charge in [-0.2, -0.15) is 0 Å². The molecule has 0 atom stereocenters. The molecule has 0 N–H and O–H groups in total. The van der Waals surface area contributed by atoms with E-state index in [9.17, 15) is 9.59 Å². The predicted octanol–water partition coefficient (Wildman–Crippen LogP) is 3.84. The highest BCUT2D eigenvalue weighted by Gasteiger charge is 2.22. The fourth-order valence-corrected chi connectivity index (χ4v) is 5.76. The molecule has 1 aliphatic carbocycles. The zero-order valence-electron chi connectivity index (χ0n) is 15.2. The molecule has 5 nitrogen and oxygen atoms in total. The Morgan fingerprint density at radius 1 is 1.41 bits per heavy atom. The van der Waals surface area contributed by atoms with Crippen molar-refractivity contribution in [2.75, 3.05) is 5.75 Å². The van der Waals surface area contributed by atoms with Crippen molar-refractivity contribution in [2.24, 2.45) is 7.05 Å². The van der Waals surface area contributed by atoms with Crippen LogP contribution in [0.1, 0.15) is 33.8 Å². The average molecular weight is 400 g/mol. The number of carbonyl (C=O) groups is 1. The van der Waals surface area contributed by atoms with Crippen LogP contribution in [0.3, 0.4) is 0 Å². The van der Waals surface area contributed by atoms with E-state index in [1.807, 2.05) is 29.9 Å². The van der Waals surface area contributed by atoms with Crippen molar-refractivity contribution in [3.05, 3.63) is 57.5 Å². The van der Waals surface area contributed by atoms with E-state index in [0.29, 0.717) is 17.4 Å². The molecule has 0 bridgehead atoms. The molecule has 1 aliphatic rings. The van der Waals surface area contributed by atoms with Gasteiger partial charge in [0.05, 0.1) is 16.8 Å². The van der Waals surface area contributed by atoms with E-state index < -0.39 is 0 Å². The largest absolute Gasteiger partial charge is 0.348 e. The molecule has 4 rings (SSSR count). The smallest absolute Gasteiger partial charge is 0.263 e. The third kappa shape index (κ3) is 3.30. The van der Waals surface area contributed by atoms with Crippen molar-refractivity contribution in [3.8, 4) is 0 Å². The summed E-state index contributed by atoms with van der Waals surface area (Å²) < 4.78 is 3.46. The minimum Gasteiger partial charge on any atom is -0.348 e. The minimum absolute atomic E-state index is 0.00637. The van der Waals surface area contributed by atoms with Gasteiger partial charge in [0.15, 0.2) is 10.9 Å². The maximum Gasteiger partial charge on any atom is 0.263 e. The van der Waals surface area contributed by atoms with Crippen LogP contribution >= 0.6 is 23.1 Å². The van der Waals surface area contributed by atoms with Crippen molar-refractivity contribution >= 4 is 39.1 Å². The van der Waals surface area contributed by atoms with Crippen LogP contribution in [0.25, 0.3) is 10.2 Å². The molecule has 0 saturated heterocycles. The summed E-state index contributed by atoms with van der Waals surface area (Å²) in [5.74, 6) is 0.273. The summed E-state index contributed by atoms with van der Waals surface area (Å²) in [4.78, 5) is 32.6. The molecule has 0 radical (unpaired) electrons. The molecule has 3 aromatic rings. The molecular formula is C20H21N3O2S2. The fraction of sp³-hybridized carbons (Fsp3) is 0.350. The molecule has 27 heavy (non-hydrogen) atoms. The number of aromatic nitrogens is 3. The van der Waals surface area contributed by atoms with E-state index in [-0.39, 0.29) is 17.1 Å². The number of allylic oxidation sites excluding steroid dienone is 1. The van der Waals surface area contributed by atoms with Gasteiger partial charge in [0, 0.05) is 24.7 Å². The summed E-state index contributed by atoms with van der Waals surface area (Å²) in [5, 5.41) is 1.36. The van der Waals surface area contributed by atoms with Crippen molar-refractivity contribution in [2.45, 2.75) is 37.4 Å². The number of rotatable bonds is 6. The lowest BCUT2D eigenvalue weighted by molar-refractivity contribution is 0.101. The molecule has 0 aliphatic heterocycles. The van der Waals surface area contributed by atoms with Gasteiger partial charge in [-0.15, -0.1) is 17.9 Å². The van der Waals surface area contributed by atoms with Crippen molar-refractivity contribution in [1.29, 1.82) is 0 Å². The highest BCUT2D eigenvalue weighted by molar-refractivity contribution is 7.99. The van der Waals surface area contributed by atoms with Gasteiger partial charge in [-0.1, -0.05) is 17.8 Å². The van der Waals surface area contributed by atoms with Crippen LogP contribution in [0.2, 0.25) is 0 Å². The number of fused-ring (bicyclic) bond motifs is 3. The van der Waals surface area contributed by atoms with Crippen LogP contribution in [-0.4, -0.2) is 25.7 Å². The quantitative estimate of drug-likeness (QED) is 0.274. The first-order valence-electron chi connectivity index (χ1n) is 9.03. The van der Waals surface area contributed by atoms with Crippen LogP contribution in [0.15, 0.2) is 40.9 Å². The van der Waals surface area contributed by atoms with E-state index >= 15 is 0 Å². The van der Waals surface area contributed by atoms with E-state index in [0.717, 1.165) is 29.5 Å². The average Bonchev–Trinajstić information content (AvgIpc) is 3.25. The topological polar surface area (TPSA) is 56.9 Å². The number of nitrogens with zero attached hydrogens (tertiary/aromatic N) is 3. The Balaban J connectivity index is 1.72. The Bertz CT molecular complexity index is 1090. The third-order valence-electron chi connectivity index (χ3n) is 4.91. The first-order chi connectivity index (χ1) is 13.1. The Morgan fingerprint density at radius 2 is 2.22 bits per heavy atom. The van der Waals surface area contributed by atoms with Gasteiger partial charge in [0.2, 0.25) is 0 Å². The Labute approximate surface area is 165 Å². The van der Waals surface area contributed by atoms with Gasteiger partial charge in [-0.05, 0) is 43.4 Å². The molecule has 7 heteroatoms. The molecule has 0 amide bonds. The number of aryl methyl sites for hydroxylation is 3. The second-order valence-electron chi connectivity index (χ2n) is 6.71. The van der Waals surface area contributed by atoms with E-state index in [1.165, 1.54) is 28.6 Å². The predicted molar refractivity (Wildman–Crippen MR) is 111 cm³/mol. The molecule has 0 unspecified atom stereocenters. The SMILES string of the molecule is C=CCn1c(SCC(=O)c2cccn2C)nc2sc3c(c2c1=O)CCCC3. The van der Waals surface area contributed by atoms with E-state index in [1.54, 1.807) is 22.0 Å². The zero-order valence-corrected chi connectivity index (χ0v) is 16.9. The number of thiophene rings is 1. The number of hydrogen-bond acceptors (Lipinski definition) is 5. The van der Waals surface area contributed by atoms with Crippen LogP contribution in [0.5, 0.6) is 0 Å². The highest BCUT2D eigenvalue weighted by atomic mass is 32.2. The zero-order chi connectivity index (χ0) is 19.0. The summed E-state index contributed by atoms with van der Waals surface area (Å²) in [6.07, 6.45) is 7.85. The van der Waals surface area contributed by atoms with Gasteiger partial charge in [-0.3, -0.25) is 14.2 Å². The van der Waals surface area contributed by atoms with Gasteiger partial charge >= 0.3 is 0 Å². The lowest BCUT2D eigenvalue weighted by Crippen LogP contribution is -2.23. The summed E-state index contributed by atoms with van der Waals surface area (Å²) in [5.41, 5.74) is 1.84. The van der Waals surface area contributed by atoms with E-state index in [2.05, 4.69) is 6.58 Å². The summed E-state index contributed by atoms with van der Waals surface area (Å²) >= 11 is 2.96. The maximum atomic E-state index is 13.2. The third-order valence-corrected chi connectivity index (χ3v) is 7.08. The van der Waals surface area contributed by atoms with Crippen LogP contribution < -0.4 is 5.56 Å². The van der Waals surface area contributed by atoms with Crippen molar-refractivity contribution < 1.29 is 4.79 Å². The van der Waals surface area contributed by atoms with Gasteiger partial charge < -0.3 is 4.57 Å². The van der Waals surface area contributed by atoms with Crippen LogP contribution in [0.4, 0.5) is 0 Å².